The fraction of sp³-hybridized carbons (Fsp3) is 0.583. The maximum absolute atomic E-state index is 12.7. The standard InChI is InChI=1S/C24H38O4/c1-8-17(2)14-12-10-9-11-13-15-18(3)22(26)24(28-7)23(27)20(5)16-19(4)21(6)25/h9-12,14,16,18-19,23-24,27H,8,13,15H2,1-7H3/b11-9+,12-10+,17-14+,20-16+/t18?,19?,23?,24-/m0/s1. The largest absolute Gasteiger partial charge is 0.386 e. The van der Waals surface area contributed by atoms with Gasteiger partial charge in [0.1, 0.15) is 18.0 Å². The molecule has 0 radical (unpaired) electrons. The Morgan fingerprint density at radius 1 is 1.07 bits per heavy atom. The molecule has 4 nitrogen and oxygen atoms in total. The Balaban J connectivity index is 4.74. The number of allylic oxidation sites excluding steroid dienone is 7. The number of carbonyl (C=O) groups excluding carboxylic acids is 2. The smallest absolute Gasteiger partial charge is 0.167 e. The second kappa shape index (κ2) is 14.3. The van der Waals surface area contributed by atoms with E-state index in [-0.39, 0.29) is 23.4 Å². The molecule has 158 valence electrons. The van der Waals surface area contributed by atoms with Crippen molar-refractivity contribution >= 4 is 11.6 Å². The summed E-state index contributed by atoms with van der Waals surface area (Å²) in [7, 11) is 1.43. The number of hydrogen-bond acceptors (Lipinski definition) is 4. The highest BCUT2D eigenvalue weighted by Crippen LogP contribution is 2.19. The van der Waals surface area contributed by atoms with Gasteiger partial charge in [0, 0.05) is 18.9 Å². The van der Waals surface area contributed by atoms with Crippen molar-refractivity contribution in [1.82, 2.24) is 0 Å². The molecule has 3 unspecified atom stereocenters. The van der Waals surface area contributed by atoms with Crippen LogP contribution in [0, 0.1) is 11.8 Å². The van der Waals surface area contributed by atoms with E-state index in [1.807, 2.05) is 31.2 Å². The lowest BCUT2D eigenvalue weighted by Crippen LogP contribution is -2.39. The van der Waals surface area contributed by atoms with Crippen molar-refractivity contribution in [3.63, 3.8) is 0 Å². The zero-order chi connectivity index (χ0) is 21.7. The Morgan fingerprint density at radius 2 is 1.71 bits per heavy atom. The highest BCUT2D eigenvalue weighted by molar-refractivity contribution is 5.86. The van der Waals surface area contributed by atoms with Gasteiger partial charge in [-0.15, -0.1) is 0 Å². The van der Waals surface area contributed by atoms with E-state index in [4.69, 9.17) is 4.74 Å². The van der Waals surface area contributed by atoms with Crippen LogP contribution in [0.1, 0.15) is 60.8 Å². The summed E-state index contributed by atoms with van der Waals surface area (Å²) in [4.78, 5) is 24.1. The molecule has 0 fully saturated rings. The van der Waals surface area contributed by atoms with Gasteiger partial charge in [0.05, 0.1) is 0 Å². The molecule has 0 amide bonds. The Bertz CT molecular complexity index is 610. The molecule has 0 aliphatic rings. The van der Waals surface area contributed by atoms with Crippen LogP contribution in [0.5, 0.6) is 0 Å². The van der Waals surface area contributed by atoms with Crippen LogP contribution in [0.15, 0.2) is 47.6 Å². The van der Waals surface area contributed by atoms with Gasteiger partial charge in [-0.05, 0) is 45.6 Å². The molecule has 4 heteroatoms. The maximum Gasteiger partial charge on any atom is 0.167 e. The van der Waals surface area contributed by atoms with E-state index in [9.17, 15) is 14.7 Å². The van der Waals surface area contributed by atoms with E-state index >= 15 is 0 Å². The van der Waals surface area contributed by atoms with E-state index in [2.05, 4.69) is 19.9 Å². The van der Waals surface area contributed by atoms with Crippen LogP contribution in [0.2, 0.25) is 0 Å². The number of aliphatic hydroxyl groups excluding tert-OH is 1. The van der Waals surface area contributed by atoms with Crippen LogP contribution < -0.4 is 0 Å². The number of rotatable bonds is 13. The first-order valence-electron chi connectivity index (χ1n) is 10.1. The van der Waals surface area contributed by atoms with Crippen LogP contribution in [0.4, 0.5) is 0 Å². The summed E-state index contributed by atoms with van der Waals surface area (Å²) >= 11 is 0. The quantitative estimate of drug-likeness (QED) is 0.355. The maximum atomic E-state index is 12.7. The SMILES string of the molecule is CC/C(C)=C/C=C/C=C/CCC(C)C(=O)[C@H](OC)C(O)/C(C)=C/C(C)C(C)=O. The molecule has 0 heterocycles. The van der Waals surface area contributed by atoms with Crippen molar-refractivity contribution in [2.45, 2.75) is 73.0 Å². The predicted octanol–water partition coefficient (Wildman–Crippen LogP) is 4.99. The Labute approximate surface area is 171 Å². The summed E-state index contributed by atoms with van der Waals surface area (Å²) in [6.45, 7) is 11.1. The summed E-state index contributed by atoms with van der Waals surface area (Å²) in [6.07, 6.45) is 12.3. The van der Waals surface area contributed by atoms with Gasteiger partial charge < -0.3 is 9.84 Å². The van der Waals surface area contributed by atoms with Crippen molar-refractivity contribution in [2.75, 3.05) is 7.11 Å². The number of aliphatic hydroxyl groups is 1. The molecule has 28 heavy (non-hydrogen) atoms. The fourth-order valence-corrected chi connectivity index (χ4v) is 2.60. The van der Waals surface area contributed by atoms with Gasteiger partial charge in [0.15, 0.2) is 5.78 Å². The molecule has 0 spiro atoms. The van der Waals surface area contributed by atoms with Gasteiger partial charge in [-0.3, -0.25) is 9.59 Å². The van der Waals surface area contributed by atoms with E-state index in [0.717, 1.165) is 12.8 Å². The molecule has 0 aromatic carbocycles. The minimum Gasteiger partial charge on any atom is -0.386 e. The number of Topliss-reactive ketones (excluding diaryl/α,β-unsaturated/α-hetero) is 2. The Hall–Kier alpha value is -1.78. The fourth-order valence-electron chi connectivity index (χ4n) is 2.60. The van der Waals surface area contributed by atoms with Crippen molar-refractivity contribution in [2.24, 2.45) is 11.8 Å². The van der Waals surface area contributed by atoms with E-state index < -0.39 is 12.2 Å². The van der Waals surface area contributed by atoms with Crippen LogP contribution >= 0.6 is 0 Å². The van der Waals surface area contributed by atoms with Gasteiger partial charge >= 0.3 is 0 Å². The van der Waals surface area contributed by atoms with Gasteiger partial charge in [-0.2, -0.15) is 0 Å². The van der Waals surface area contributed by atoms with Gasteiger partial charge in [0.25, 0.3) is 0 Å². The Morgan fingerprint density at radius 3 is 2.25 bits per heavy atom. The number of ether oxygens (including phenoxy) is 1. The molecule has 0 saturated heterocycles. The second-order valence-electron chi connectivity index (χ2n) is 7.47. The second-order valence-corrected chi connectivity index (χ2v) is 7.47. The third kappa shape index (κ3) is 9.95. The first-order chi connectivity index (χ1) is 13.1. The predicted molar refractivity (Wildman–Crippen MR) is 116 cm³/mol. The lowest BCUT2D eigenvalue weighted by atomic mass is 9.90. The Kier molecular flexibility index (Phi) is 13.3. The van der Waals surface area contributed by atoms with Crippen LogP contribution in [-0.4, -0.2) is 36.0 Å². The van der Waals surface area contributed by atoms with Crippen molar-refractivity contribution in [3.05, 3.63) is 47.6 Å². The summed E-state index contributed by atoms with van der Waals surface area (Å²) in [6, 6.07) is 0. The summed E-state index contributed by atoms with van der Waals surface area (Å²) < 4.78 is 5.29. The first-order valence-corrected chi connectivity index (χ1v) is 10.1. The summed E-state index contributed by atoms with van der Waals surface area (Å²) in [5.41, 5.74) is 1.91. The third-order valence-electron chi connectivity index (χ3n) is 4.99. The monoisotopic (exact) mass is 390 g/mol. The van der Waals surface area contributed by atoms with Gasteiger partial charge in [-0.25, -0.2) is 0 Å². The van der Waals surface area contributed by atoms with Gasteiger partial charge in [-0.1, -0.05) is 62.8 Å². The van der Waals surface area contributed by atoms with Crippen molar-refractivity contribution in [1.29, 1.82) is 0 Å². The number of ketones is 2. The number of methoxy groups -OCH3 is 1. The molecule has 0 saturated carbocycles. The average molecular weight is 391 g/mol. The minimum atomic E-state index is -1.05. The molecular formula is C24H38O4. The first kappa shape index (κ1) is 26.2. The average Bonchev–Trinajstić information content (AvgIpc) is 2.66. The normalized spacial score (nSPS) is 17.7. The summed E-state index contributed by atoms with van der Waals surface area (Å²) in [5.74, 6) is -0.632. The lowest BCUT2D eigenvalue weighted by Gasteiger charge is -2.24. The third-order valence-corrected chi connectivity index (χ3v) is 4.99. The molecule has 0 rings (SSSR count). The van der Waals surface area contributed by atoms with Crippen LogP contribution in [-0.2, 0) is 14.3 Å². The molecule has 0 aliphatic carbocycles. The van der Waals surface area contributed by atoms with Crippen molar-refractivity contribution < 1.29 is 19.4 Å². The molecule has 0 bridgehead atoms. The van der Waals surface area contributed by atoms with Crippen molar-refractivity contribution in [3.8, 4) is 0 Å². The van der Waals surface area contributed by atoms with Crippen LogP contribution in [0.25, 0.3) is 0 Å². The van der Waals surface area contributed by atoms with E-state index in [1.54, 1.807) is 19.9 Å². The molecule has 1 N–H and O–H groups in total. The minimum absolute atomic E-state index is 0.0152. The zero-order valence-corrected chi connectivity index (χ0v) is 18.6. The molecular weight excluding hydrogens is 352 g/mol. The highest BCUT2D eigenvalue weighted by Gasteiger charge is 2.31. The molecule has 4 atom stereocenters. The zero-order valence-electron chi connectivity index (χ0n) is 18.6. The topological polar surface area (TPSA) is 63.6 Å². The lowest BCUT2D eigenvalue weighted by molar-refractivity contribution is -0.137. The highest BCUT2D eigenvalue weighted by atomic mass is 16.5. The van der Waals surface area contributed by atoms with E-state index in [0.29, 0.717) is 12.0 Å². The number of hydrogen-bond donors (Lipinski definition) is 1. The molecule has 0 aliphatic heterocycles. The number of carbonyl (C=O) groups is 2. The van der Waals surface area contributed by atoms with Crippen LogP contribution in [0.3, 0.4) is 0 Å². The summed E-state index contributed by atoms with van der Waals surface area (Å²) in [5, 5.41) is 10.5. The van der Waals surface area contributed by atoms with E-state index in [1.165, 1.54) is 19.6 Å². The van der Waals surface area contributed by atoms with Gasteiger partial charge in [0.2, 0.25) is 0 Å². The molecule has 0 aromatic heterocycles. The molecule has 0 aromatic rings.